The van der Waals surface area contributed by atoms with Gasteiger partial charge in [0.15, 0.2) is 11.5 Å². The zero-order valence-corrected chi connectivity index (χ0v) is 31.7. The fraction of sp³-hybridized carbons (Fsp3) is 0.372. The Kier molecular flexibility index (Phi) is 9.35. The molecule has 2 atom stereocenters. The summed E-state index contributed by atoms with van der Waals surface area (Å²) in [5.41, 5.74) is 7.93. The summed E-state index contributed by atoms with van der Waals surface area (Å²) in [4.78, 5) is 38.7. The molecule has 0 aromatic heterocycles. The predicted octanol–water partition coefficient (Wildman–Crippen LogP) is 8.02. The normalized spacial score (nSPS) is 18.4. The van der Waals surface area contributed by atoms with Gasteiger partial charge in [-0.3, -0.25) is 19.5 Å². The molecule has 10 heteroatoms. The molecule has 274 valence electrons. The summed E-state index contributed by atoms with van der Waals surface area (Å²) in [5, 5.41) is 0. The van der Waals surface area contributed by atoms with Gasteiger partial charge in [-0.25, -0.2) is 0 Å². The average Bonchev–Trinajstić information content (AvgIpc) is 3.63. The van der Waals surface area contributed by atoms with E-state index in [2.05, 4.69) is 30.9 Å². The van der Waals surface area contributed by atoms with Gasteiger partial charge in [0.05, 0.1) is 54.9 Å². The molecule has 4 heterocycles. The highest BCUT2D eigenvalue weighted by Crippen LogP contribution is 2.43. The molecule has 0 unspecified atom stereocenters. The van der Waals surface area contributed by atoms with Gasteiger partial charge in [-0.1, -0.05) is 36.4 Å². The number of thiol groups is 1. The van der Waals surface area contributed by atoms with Crippen LogP contribution in [-0.2, 0) is 12.8 Å². The number of methoxy groups -OCH3 is 1. The van der Waals surface area contributed by atoms with Crippen LogP contribution in [0.4, 0.5) is 22.7 Å². The molecule has 53 heavy (non-hydrogen) atoms. The Morgan fingerprint density at radius 2 is 1.43 bits per heavy atom. The third-order valence-corrected chi connectivity index (χ3v) is 10.7. The second kappa shape index (κ2) is 14.1. The van der Waals surface area contributed by atoms with E-state index in [0.717, 1.165) is 60.5 Å². The molecule has 0 N–H and O–H groups in total. The predicted molar refractivity (Wildman–Crippen MR) is 214 cm³/mol. The van der Waals surface area contributed by atoms with Crippen LogP contribution in [0.3, 0.4) is 0 Å². The number of hydrogen-bond acceptors (Lipinski definition) is 8. The molecule has 4 aliphatic rings. The highest BCUT2D eigenvalue weighted by atomic mass is 32.1. The minimum absolute atomic E-state index is 0.0199. The molecule has 9 nitrogen and oxygen atoms in total. The van der Waals surface area contributed by atoms with Crippen molar-refractivity contribution in [3.63, 3.8) is 0 Å². The lowest BCUT2D eigenvalue weighted by molar-refractivity contribution is 0.0977. The monoisotopic (exact) mass is 730 g/mol. The third kappa shape index (κ3) is 6.73. The first-order valence-electron chi connectivity index (χ1n) is 18.6. The summed E-state index contributed by atoms with van der Waals surface area (Å²) in [6.07, 6.45) is 6.04. The molecule has 2 amide bonds. The molecule has 0 spiro atoms. The minimum Gasteiger partial charge on any atom is -0.493 e. The Balaban J connectivity index is 0.900. The molecule has 4 aromatic rings. The van der Waals surface area contributed by atoms with E-state index in [1.807, 2.05) is 83.6 Å². The number of ether oxygens (including phenoxy) is 3. The molecule has 0 bridgehead atoms. The van der Waals surface area contributed by atoms with Crippen LogP contribution >= 0.6 is 12.6 Å². The van der Waals surface area contributed by atoms with Crippen LogP contribution in [0.1, 0.15) is 70.5 Å². The molecule has 0 aliphatic carbocycles. The summed E-state index contributed by atoms with van der Waals surface area (Å²) in [6.45, 7) is 8.57. The standard InChI is InChI=1S/C43H46N4O5S/c1-27-18-32-34(44-24-30-19-28-12-6-8-14-35(28)46(30)41(32)48)22-38(27)51-16-10-5-11-17-52-40-23-37-33(21-39(40)50-4)42(49)47-31(25-45(37)26-43(2,3)53)20-29-13-7-9-15-36(29)47/h6-9,12-15,18,21-24,30-31,53H,5,10-11,16-17,19-20,25-26H2,1-4H3/t30-,31-/m0/s1. The van der Waals surface area contributed by atoms with E-state index in [-0.39, 0.29) is 28.6 Å². The van der Waals surface area contributed by atoms with E-state index in [9.17, 15) is 9.59 Å². The second-order valence-corrected chi connectivity index (χ2v) is 16.3. The van der Waals surface area contributed by atoms with E-state index in [1.165, 1.54) is 11.1 Å². The number of aryl methyl sites for hydroxylation is 1. The van der Waals surface area contributed by atoms with Crippen molar-refractivity contribution in [3.8, 4) is 17.2 Å². The molecule has 0 fully saturated rings. The van der Waals surface area contributed by atoms with Crippen molar-refractivity contribution in [1.82, 2.24) is 0 Å². The highest BCUT2D eigenvalue weighted by molar-refractivity contribution is 7.81. The average molecular weight is 731 g/mol. The highest BCUT2D eigenvalue weighted by Gasteiger charge is 2.41. The summed E-state index contributed by atoms with van der Waals surface area (Å²) in [5.74, 6) is 1.87. The van der Waals surface area contributed by atoms with Gasteiger partial charge < -0.3 is 24.0 Å². The summed E-state index contributed by atoms with van der Waals surface area (Å²) in [6, 6.07) is 23.8. The largest absolute Gasteiger partial charge is 0.493 e. The number of amides is 2. The van der Waals surface area contributed by atoms with Crippen LogP contribution in [0.15, 0.2) is 77.8 Å². The first kappa shape index (κ1) is 35.1. The van der Waals surface area contributed by atoms with Crippen LogP contribution in [0.2, 0.25) is 0 Å². The van der Waals surface area contributed by atoms with Gasteiger partial charge in [0, 0.05) is 54.0 Å². The van der Waals surface area contributed by atoms with E-state index in [4.69, 9.17) is 31.8 Å². The van der Waals surface area contributed by atoms with Crippen LogP contribution in [0.25, 0.3) is 0 Å². The van der Waals surface area contributed by atoms with Crippen molar-refractivity contribution in [2.75, 3.05) is 48.1 Å². The number of aliphatic imine (C=N–C) groups is 1. The number of rotatable bonds is 11. The van der Waals surface area contributed by atoms with Crippen molar-refractivity contribution < 1.29 is 23.8 Å². The maximum absolute atomic E-state index is 14.2. The third-order valence-electron chi connectivity index (χ3n) is 10.6. The number of carbonyl (C=O) groups is 2. The van der Waals surface area contributed by atoms with Crippen LogP contribution in [0.5, 0.6) is 17.2 Å². The molecule has 0 saturated carbocycles. The smallest absolute Gasteiger partial charge is 0.261 e. The van der Waals surface area contributed by atoms with Gasteiger partial charge in [0.25, 0.3) is 11.8 Å². The van der Waals surface area contributed by atoms with E-state index in [1.54, 1.807) is 7.11 Å². The molecular weight excluding hydrogens is 685 g/mol. The Morgan fingerprint density at radius 3 is 2.15 bits per heavy atom. The molecule has 8 rings (SSSR count). The SMILES string of the molecule is COc1cc2c(cc1OCCCCCOc1cc3c(cc1C)C(=O)N1c4ccccc4C[C@H]1C=N3)N(CC(C)(C)S)C[C@@H]1Cc3ccccc3N1C2=O. The Hall–Kier alpha value is -4.96. The van der Waals surface area contributed by atoms with Gasteiger partial charge in [-0.05, 0) is 87.4 Å². The molecule has 0 saturated heterocycles. The van der Waals surface area contributed by atoms with Crippen LogP contribution < -0.4 is 28.9 Å². The first-order valence-corrected chi connectivity index (χ1v) is 19.0. The minimum atomic E-state index is -0.282. The summed E-state index contributed by atoms with van der Waals surface area (Å²) in [7, 11) is 1.61. The van der Waals surface area contributed by atoms with Gasteiger partial charge >= 0.3 is 0 Å². The van der Waals surface area contributed by atoms with Crippen molar-refractivity contribution in [2.45, 2.75) is 69.7 Å². The van der Waals surface area contributed by atoms with E-state index < -0.39 is 0 Å². The van der Waals surface area contributed by atoms with Gasteiger partial charge in [-0.15, -0.1) is 0 Å². The second-order valence-electron chi connectivity index (χ2n) is 15.1. The van der Waals surface area contributed by atoms with Gasteiger partial charge in [-0.2, -0.15) is 12.6 Å². The number of carbonyl (C=O) groups excluding carboxylic acids is 2. The maximum Gasteiger partial charge on any atom is 0.261 e. The Labute approximate surface area is 317 Å². The Bertz CT molecular complexity index is 2110. The lowest BCUT2D eigenvalue weighted by atomic mass is 10.1. The van der Waals surface area contributed by atoms with Crippen LogP contribution in [0, 0.1) is 6.92 Å². The van der Waals surface area contributed by atoms with Gasteiger partial charge in [0.2, 0.25) is 0 Å². The number of fused-ring (bicyclic) bond motifs is 8. The van der Waals surface area contributed by atoms with Crippen molar-refractivity contribution in [3.05, 3.63) is 101 Å². The van der Waals surface area contributed by atoms with Crippen molar-refractivity contribution >= 4 is 53.4 Å². The fourth-order valence-electron chi connectivity index (χ4n) is 8.18. The van der Waals surface area contributed by atoms with E-state index >= 15 is 0 Å². The zero-order valence-electron chi connectivity index (χ0n) is 30.8. The number of benzene rings is 4. The molecule has 4 aromatic carbocycles. The quantitative estimate of drug-likeness (QED) is 0.124. The maximum atomic E-state index is 14.2. The lowest BCUT2D eigenvalue weighted by Gasteiger charge is -2.33. The molecular formula is C43H46N4O5S. The molecule has 0 radical (unpaired) electrons. The summed E-state index contributed by atoms with van der Waals surface area (Å²) >= 11 is 4.87. The lowest BCUT2D eigenvalue weighted by Crippen LogP contribution is -2.44. The number of hydrogen-bond donors (Lipinski definition) is 1. The van der Waals surface area contributed by atoms with Crippen molar-refractivity contribution in [1.29, 1.82) is 0 Å². The summed E-state index contributed by atoms with van der Waals surface area (Å²) < 4.78 is 18.0. The first-order chi connectivity index (χ1) is 25.6. The van der Waals surface area contributed by atoms with Crippen LogP contribution in [-0.4, -0.2) is 68.3 Å². The topological polar surface area (TPSA) is 83.9 Å². The fourth-order valence-corrected chi connectivity index (χ4v) is 8.35. The number of nitrogens with zero attached hydrogens (tertiary/aromatic N) is 4. The number of unbranched alkanes of at least 4 members (excludes halogenated alkanes) is 2. The van der Waals surface area contributed by atoms with E-state index in [0.29, 0.717) is 54.6 Å². The van der Waals surface area contributed by atoms with Crippen molar-refractivity contribution in [2.24, 2.45) is 4.99 Å². The molecule has 4 aliphatic heterocycles. The zero-order chi connectivity index (χ0) is 36.9. The number of para-hydroxylation sites is 2. The number of anilines is 3. The Morgan fingerprint density at radius 1 is 0.774 bits per heavy atom. The van der Waals surface area contributed by atoms with Gasteiger partial charge in [0.1, 0.15) is 5.75 Å².